The molecule has 4 aromatic rings. The Balaban J connectivity index is 1.79. The van der Waals surface area contributed by atoms with Gasteiger partial charge in [0.1, 0.15) is 0 Å². The van der Waals surface area contributed by atoms with Crippen molar-refractivity contribution in [3.63, 3.8) is 0 Å². The maximum atomic E-state index is 7.55. The lowest BCUT2D eigenvalue weighted by molar-refractivity contribution is 1.26. The summed E-state index contributed by atoms with van der Waals surface area (Å²) in [5.41, 5.74) is 4.77. The molecule has 0 saturated heterocycles. The number of aromatic nitrogens is 2. The summed E-state index contributed by atoms with van der Waals surface area (Å²) in [4.78, 5) is 8.74. The molecule has 0 bridgehead atoms. The number of fused-ring (bicyclic) bond motifs is 1. The molecule has 0 N–H and O–H groups in total. The van der Waals surface area contributed by atoms with E-state index in [1.165, 1.54) is 0 Å². The van der Waals surface area contributed by atoms with E-state index >= 15 is 0 Å². The molecule has 110 valence electrons. The Kier molecular flexibility index (Phi) is 2.63. The molecule has 0 aliphatic heterocycles. The van der Waals surface area contributed by atoms with Gasteiger partial charge in [-0.25, -0.2) is 0 Å². The summed E-state index contributed by atoms with van der Waals surface area (Å²) in [5.74, 6) is 0. The fourth-order valence-electron chi connectivity index (χ4n) is 2.69. The van der Waals surface area contributed by atoms with Crippen LogP contribution in [0.1, 0.15) is 9.81 Å². The van der Waals surface area contributed by atoms with E-state index in [2.05, 4.69) is 16.0 Å². The van der Waals surface area contributed by atoms with Crippen LogP contribution in [0.2, 0.25) is 0 Å². The number of nitrogens with zero attached hydrogens (tertiary/aromatic N) is 2. The maximum Gasteiger partial charge on any atom is 0.0711 e. The van der Waals surface area contributed by atoms with E-state index in [1.807, 2.05) is 54.6 Å². The Labute approximate surface area is 139 Å². The largest absolute Gasteiger partial charge is 0.256 e. The number of benzene rings is 2. The minimum absolute atomic E-state index is 0.115. The summed E-state index contributed by atoms with van der Waals surface area (Å²) in [7, 11) is 0. The molecule has 2 heteroatoms. The van der Waals surface area contributed by atoms with Crippen molar-refractivity contribution in [1.29, 1.82) is 0 Å². The van der Waals surface area contributed by atoms with Gasteiger partial charge >= 0.3 is 0 Å². The lowest BCUT2D eigenvalue weighted by Gasteiger charge is -2.07. The van der Waals surface area contributed by atoms with Crippen LogP contribution in [0.3, 0.4) is 0 Å². The molecule has 2 aromatic carbocycles. The minimum Gasteiger partial charge on any atom is -0.256 e. The molecule has 0 fully saturated rings. The molecule has 0 aliphatic rings. The zero-order chi connectivity index (χ0) is 18.1. The van der Waals surface area contributed by atoms with E-state index in [4.69, 9.17) is 4.11 Å². The fourth-order valence-corrected chi connectivity index (χ4v) is 2.69. The van der Waals surface area contributed by atoms with Crippen molar-refractivity contribution in [1.82, 2.24) is 9.97 Å². The molecule has 0 amide bonds. The summed E-state index contributed by atoms with van der Waals surface area (Å²) >= 11 is 0. The van der Waals surface area contributed by atoms with Crippen LogP contribution in [0, 0.1) is 6.85 Å². The van der Waals surface area contributed by atoms with Crippen LogP contribution < -0.4 is 0 Å². The Bertz CT molecular complexity index is 1070. The second-order valence-corrected chi connectivity index (χ2v) is 5.40. The third-order valence-electron chi connectivity index (χ3n) is 3.85. The van der Waals surface area contributed by atoms with Gasteiger partial charge in [0.25, 0.3) is 0 Å². The summed E-state index contributed by atoms with van der Waals surface area (Å²) in [6.07, 6.45) is 1.78. The van der Waals surface area contributed by atoms with Crippen molar-refractivity contribution in [3.05, 3.63) is 84.7 Å². The van der Waals surface area contributed by atoms with Gasteiger partial charge in [0.2, 0.25) is 0 Å². The Morgan fingerprint density at radius 1 is 0.783 bits per heavy atom. The summed E-state index contributed by atoms with van der Waals surface area (Å²) in [5, 5.41) is 0.919. The molecule has 2 aromatic heterocycles. The molecule has 23 heavy (non-hydrogen) atoms. The van der Waals surface area contributed by atoms with Gasteiger partial charge in [0.05, 0.1) is 11.2 Å². The van der Waals surface area contributed by atoms with Gasteiger partial charge < -0.3 is 0 Å². The molecule has 0 unspecified atom stereocenters. The molecule has 0 radical (unpaired) electrons. The first-order valence-electron chi connectivity index (χ1n) is 8.94. The highest BCUT2D eigenvalue weighted by Gasteiger charge is 2.04. The van der Waals surface area contributed by atoms with E-state index < -0.39 is 6.85 Å². The standard InChI is InChI=1S/C21H16N2/c1-15-8-9-16-10-11-18(14-21(16)23-15)17-5-4-6-19(13-17)20-7-2-3-12-22-20/h2-14H,1H3/i1D3. The van der Waals surface area contributed by atoms with E-state index in [0.717, 1.165) is 27.8 Å². The zero-order valence-electron chi connectivity index (χ0n) is 15.4. The Hall–Kier alpha value is -3.00. The second-order valence-electron chi connectivity index (χ2n) is 5.40. The van der Waals surface area contributed by atoms with Crippen molar-refractivity contribution in [3.8, 4) is 22.4 Å². The van der Waals surface area contributed by atoms with E-state index in [9.17, 15) is 0 Å². The van der Waals surface area contributed by atoms with Gasteiger partial charge in [-0.3, -0.25) is 9.97 Å². The first kappa shape index (κ1) is 10.7. The number of aryl methyl sites for hydroxylation is 1. The van der Waals surface area contributed by atoms with Gasteiger partial charge in [0, 0.05) is 27.0 Å². The highest BCUT2D eigenvalue weighted by molar-refractivity contribution is 5.85. The average Bonchev–Trinajstić information content (AvgIpc) is 2.67. The Morgan fingerprint density at radius 2 is 1.65 bits per heavy atom. The third-order valence-corrected chi connectivity index (χ3v) is 3.85. The van der Waals surface area contributed by atoms with Gasteiger partial charge in [-0.15, -0.1) is 0 Å². The maximum absolute atomic E-state index is 7.55. The highest BCUT2D eigenvalue weighted by atomic mass is 14.7. The SMILES string of the molecule is [2H]C([2H])([2H])c1ccc2ccc(-c3cccc(-c4ccccn4)c3)cc2n1. The molecule has 2 heterocycles. The normalized spacial score (nSPS) is 13.3. The van der Waals surface area contributed by atoms with Gasteiger partial charge in [-0.1, -0.05) is 42.5 Å². The molecule has 2 nitrogen and oxygen atoms in total. The average molecular weight is 299 g/mol. The molecule has 4 rings (SSSR count). The smallest absolute Gasteiger partial charge is 0.0711 e. The van der Waals surface area contributed by atoms with E-state index in [-0.39, 0.29) is 5.69 Å². The first-order valence-corrected chi connectivity index (χ1v) is 7.44. The van der Waals surface area contributed by atoms with Crippen molar-refractivity contribution >= 4 is 10.9 Å². The zero-order valence-corrected chi connectivity index (χ0v) is 12.4. The quantitative estimate of drug-likeness (QED) is 0.504. The monoisotopic (exact) mass is 299 g/mol. The lowest BCUT2D eigenvalue weighted by atomic mass is 10.00. The summed E-state index contributed by atoms with van der Waals surface area (Å²) in [6.45, 7) is -2.21. The van der Waals surface area contributed by atoms with Crippen molar-refractivity contribution < 1.29 is 4.11 Å². The second kappa shape index (κ2) is 5.65. The highest BCUT2D eigenvalue weighted by Crippen LogP contribution is 2.27. The van der Waals surface area contributed by atoms with Gasteiger partial charge in [0.15, 0.2) is 0 Å². The predicted octanol–water partition coefficient (Wildman–Crippen LogP) is 5.27. The van der Waals surface area contributed by atoms with Crippen LogP contribution in [-0.4, -0.2) is 9.97 Å². The molecule has 0 aliphatic carbocycles. The topological polar surface area (TPSA) is 25.8 Å². The van der Waals surface area contributed by atoms with Crippen LogP contribution in [0.25, 0.3) is 33.3 Å². The predicted molar refractivity (Wildman–Crippen MR) is 95.1 cm³/mol. The number of hydrogen-bond donors (Lipinski definition) is 0. The number of hydrogen-bond acceptors (Lipinski definition) is 2. The van der Waals surface area contributed by atoms with Crippen molar-refractivity contribution in [2.24, 2.45) is 0 Å². The van der Waals surface area contributed by atoms with Crippen LogP contribution in [0.15, 0.2) is 79.0 Å². The Morgan fingerprint density at radius 3 is 2.52 bits per heavy atom. The molecular formula is C21H16N2. The molecule has 0 spiro atoms. The third kappa shape index (κ3) is 2.71. The number of rotatable bonds is 2. The molecule has 0 saturated carbocycles. The van der Waals surface area contributed by atoms with Gasteiger partial charge in [-0.05, 0) is 48.3 Å². The van der Waals surface area contributed by atoms with E-state index in [1.54, 1.807) is 18.3 Å². The van der Waals surface area contributed by atoms with Crippen LogP contribution in [-0.2, 0) is 0 Å². The summed E-state index contributed by atoms with van der Waals surface area (Å²) in [6, 6.07) is 23.3. The van der Waals surface area contributed by atoms with Crippen LogP contribution >= 0.6 is 0 Å². The van der Waals surface area contributed by atoms with Crippen molar-refractivity contribution in [2.45, 2.75) is 6.85 Å². The number of pyridine rings is 2. The molecular weight excluding hydrogens is 280 g/mol. The fraction of sp³-hybridized carbons (Fsp3) is 0.0476. The van der Waals surface area contributed by atoms with Crippen LogP contribution in [0.4, 0.5) is 0 Å². The lowest BCUT2D eigenvalue weighted by Crippen LogP contribution is -1.86. The summed E-state index contributed by atoms with van der Waals surface area (Å²) < 4.78 is 22.7. The van der Waals surface area contributed by atoms with Gasteiger partial charge in [-0.2, -0.15) is 0 Å². The molecule has 0 atom stereocenters. The van der Waals surface area contributed by atoms with Crippen molar-refractivity contribution in [2.75, 3.05) is 0 Å². The van der Waals surface area contributed by atoms with Crippen LogP contribution in [0.5, 0.6) is 0 Å². The first-order chi connectivity index (χ1) is 12.5. The minimum atomic E-state index is -2.21. The van der Waals surface area contributed by atoms with E-state index in [0.29, 0.717) is 5.52 Å².